The number of carbonyl (C=O) groups is 2. The molecular formula is C35H32N6O3S. The summed E-state index contributed by atoms with van der Waals surface area (Å²) in [7, 11) is 0. The first-order chi connectivity index (χ1) is 21.9. The van der Waals surface area contributed by atoms with Crippen LogP contribution in [0.1, 0.15) is 42.4 Å². The van der Waals surface area contributed by atoms with E-state index in [2.05, 4.69) is 65.9 Å². The zero-order chi connectivity index (χ0) is 31.0. The number of β-lactam (4-membered cyclic amide) rings is 1. The molecule has 3 atom stereocenters. The number of amides is 2. The molecule has 0 spiro atoms. The number of tetrazole rings is 1. The fraction of sp³-hybridized carbons (Fsp3) is 0.229. The number of nitrogens with zero attached hydrogens (tertiary/aromatic N) is 5. The van der Waals surface area contributed by atoms with Gasteiger partial charge in [0.1, 0.15) is 23.2 Å². The van der Waals surface area contributed by atoms with E-state index in [-0.39, 0.29) is 23.8 Å². The Balaban J connectivity index is 1.21. The Kier molecular flexibility index (Phi) is 7.37. The molecule has 5 aromatic rings. The first-order valence-corrected chi connectivity index (χ1v) is 15.7. The highest BCUT2D eigenvalue weighted by Gasteiger charge is 2.63. The van der Waals surface area contributed by atoms with Gasteiger partial charge in [-0.3, -0.25) is 9.59 Å². The van der Waals surface area contributed by atoms with Crippen LogP contribution in [0.25, 0.3) is 0 Å². The molecule has 2 aliphatic rings. The number of rotatable bonds is 9. The molecule has 45 heavy (non-hydrogen) atoms. The van der Waals surface area contributed by atoms with Crippen LogP contribution in [0, 0.1) is 0 Å². The summed E-state index contributed by atoms with van der Waals surface area (Å²) in [6, 6.07) is 38.5. The van der Waals surface area contributed by atoms with E-state index in [1.165, 1.54) is 0 Å². The average molecular weight is 617 g/mol. The molecule has 10 heteroatoms. The molecule has 1 N–H and O–H groups in total. The van der Waals surface area contributed by atoms with Gasteiger partial charge in [0, 0.05) is 4.75 Å². The third-order valence-corrected chi connectivity index (χ3v) is 9.99. The van der Waals surface area contributed by atoms with Gasteiger partial charge in [-0.15, -0.1) is 26.8 Å². The van der Waals surface area contributed by atoms with Crippen molar-refractivity contribution < 1.29 is 14.3 Å². The Morgan fingerprint density at radius 3 is 1.89 bits per heavy atom. The van der Waals surface area contributed by atoms with Gasteiger partial charge in [-0.2, -0.15) is 0 Å². The quantitative estimate of drug-likeness (QED) is 0.187. The highest BCUT2D eigenvalue weighted by atomic mass is 32.2. The maximum Gasteiger partial charge on any atom is 0.258 e. The molecule has 0 aliphatic carbocycles. The van der Waals surface area contributed by atoms with Gasteiger partial charge in [-0.25, -0.2) is 0 Å². The van der Waals surface area contributed by atoms with E-state index in [0.29, 0.717) is 11.6 Å². The summed E-state index contributed by atoms with van der Waals surface area (Å²) in [4.78, 5) is 29.8. The van der Waals surface area contributed by atoms with E-state index in [0.717, 1.165) is 16.7 Å². The van der Waals surface area contributed by atoms with Crippen molar-refractivity contribution in [3.05, 3.63) is 144 Å². The summed E-state index contributed by atoms with van der Waals surface area (Å²) in [5, 5.41) is 17.0. The minimum atomic E-state index is -0.918. The number of thioether (sulfide) groups is 1. The fourth-order valence-electron chi connectivity index (χ4n) is 6.41. The largest absolute Gasteiger partial charge is 0.484 e. The van der Waals surface area contributed by atoms with Crippen molar-refractivity contribution in [1.82, 2.24) is 30.4 Å². The third kappa shape index (κ3) is 4.95. The monoisotopic (exact) mass is 616 g/mol. The molecule has 7 rings (SSSR count). The number of ether oxygens (including phenoxy) is 1. The smallest absolute Gasteiger partial charge is 0.258 e. The fourth-order valence-corrected chi connectivity index (χ4v) is 8.04. The average Bonchev–Trinajstić information content (AvgIpc) is 3.65. The van der Waals surface area contributed by atoms with Crippen LogP contribution in [0.5, 0.6) is 5.75 Å². The van der Waals surface area contributed by atoms with Gasteiger partial charge in [-0.05, 0) is 47.9 Å². The summed E-state index contributed by atoms with van der Waals surface area (Å²) >= 11 is 1.63. The molecule has 3 heterocycles. The highest BCUT2D eigenvalue weighted by molar-refractivity contribution is 8.01. The van der Waals surface area contributed by atoms with Crippen molar-refractivity contribution in [1.29, 1.82) is 0 Å². The van der Waals surface area contributed by atoms with E-state index in [1.807, 2.05) is 72.8 Å². The Morgan fingerprint density at radius 2 is 1.36 bits per heavy atom. The standard InChI is InChI=1S/C35H32N6O3S/c1-34(2)30(40-32(43)29(33(40)45-34)36-28(42)23-44-27-21-13-6-14-22-27)31-37-39-41(38-31)35(24-15-7-3-8-16-24,25-17-9-4-10-18-25)26-19-11-5-12-20-26/h3-22,29-30,33H,23H2,1-2H3,(H,36,42)/t29?,30?,33-/m0/s1. The van der Waals surface area contributed by atoms with Crippen LogP contribution in [-0.2, 0) is 15.1 Å². The zero-order valence-corrected chi connectivity index (χ0v) is 25.7. The Bertz CT molecular complexity index is 1700. The number of carbonyl (C=O) groups excluding carboxylic acids is 2. The minimum Gasteiger partial charge on any atom is -0.484 e. The van der Waals surface area contributed by atoms with Gasteiger partial charge in [0.05, 0.1) is 0 Å². The molecule has 9 nitrogen and oxygen atoms in total. The molecule has 2 fully saturated rings. The van der Waals surface area contributed by atoms with E-state index in [1.54, 1.807) is 33.6 Å². The summed E-state index contributed by atoms with van der Waals surface area (Å²) < 4.78 is 5.14. The van der Waals surface area contributed by atoms with Gasteiger partial charge in [0.2, 0.25) is 5.91 Å². The lowest BCUT2D eigenvalue weighted by Gasteiger charge is -2.44. The minimum absolute atomic E-state index is 0.172. The Hall–Kier alpha value is -4.96. The van der Waals surface area contributed by atoms with Crippen LogP contribution in [0.3, 0.4) is 0 Å². The lowest BCUT2D eigenvalue weighted by molar-refractivity contribution is -0.152. The van der Waals surface area contributed by atoms with Crippen LogP contribution in [-0.4, -0.2) is 59.7 Å². The number of aromatic nitrogens is 4. The van der Waals surface area contributed by atoms with Crippen molar-refractivity contribution in [3.63, 3.8) is 0 Å². The lowest BCUT2D eigenvalue weighted by Crippen LogP contribution is -2.68. The van der Waals surface area contributed by atoms with E-state index in [9.17, 15) is 9.59 Å². The second-order valence-electron chi connectivity index (χ2n) is 11.7. The lowest BCUT2D eigenvalue weighted by atomic mass is 9.77. The molecule has 226 valence electrons. The zero-order valence-electron chi connectivity index (χ0n) is 24.9. The predicted molar refractivity (Wildman–Crippen MR) is 171 cm³/mol. The van der Waals surface area contributed by atoms with E-state index < -0.39 is 22.4 Å². The van der Waals surface area contributed by atoms with Crippen LogP contribution >= 0.6 is 11.8 Å². The van der Waals surface area contributed by atoms with Crippen LogP contribution in [0.2, 0.25) is 0 Å². The molecular weight excluding hydrogens is 584 g/mol. The van der Waals surface area contributed by atoms with Gasteiger partial charge in [0.15, 0.2) is 18.0 Å². The first-order valence-electron chi connectivity index (χ1n) is 14.8. The molecule has 1 aromatic heterocycles. The predicted octanol–water partition coefficient (Wildman–Crippen LogP) is 4.81. The summed E-state index contributed by atoms with van der Waals surface area (Å²) in [5.74, 6) is 0.527. The molecule has 2 saturated heterocycles. The van der Waals surface area contributed by atoms with Crippen molar-refractivity contribution in [2.45, 2.75) is 41.6 Å². The SMILES string of the molecule is CC1(C)S[C@H]2C(NC(=O)COc3ccccc3)C(=O)N2C1c1nnn(C(c2ccccc2)(c2ccccc2)c2ccccc2)n1. The topological polar surface area (TPSA) is 102 Å². The van der Waals surface area contributed by atoms with Gasteiger partial charge >= 0.3 is 0 Å². The van der Waals surface area contributed by atoms with Crippen LogP contribution in [0.4, 0.5) is 0 Å². The summed E-state index contributed by atoms with van der Waals surface area (Å²) in [6.07, 6.45) is 0. The normalized spacial score (nSPS) is 20.3. The number of para-hydroxylation sites is 1. The van der Waals surface area contributed by atoms with Crippen molar-refractivity contribution >= 4 is 23.6 Å². The molecule has 2 amide bonds. The Labute approximate surface area is 265 Å². The number of fused-ring (bicyclic) bond motifs is 1. The van der Waals surface area contributed by atoms with Gasteiger partial charge in [-0.1, -0.05) is 109 Å². The molecule has 4 aromatic carbocycles. The van der Waals surface area contributed by atoms with Crippen molar-refractivity contribution in [2.75, 3.05) is 6.61 Å². The van der Waals surface area contributed by atoms with Crippen molar-refractivity contribution in [2.24, 2.45) is 0 Å². The number of hydrogen-bond acceptors (Lipinski definition) is 7. The Morgan fingerprint density at radius 1 is 0.844 bits per heavy atom. The number of benzene rings is 4. The number of hydrogen-bond donors (Lipinski definition) is 1. The maximum atomic E-state index is 13.6. The number of nitrogens with one attached hydrogen (secondary N) is 1. The summed E-state index contributed by atoms with van der Waals surface area (Å²) in [5.41, 5.74) is 2.01. The van der Waals surface area contributed by atoms with Crippen molar-refractivity contribution in [3.8, 4) is 5.75 Å². The summed E-state index contributed by atoms with van der Waals surface area (Å²) in [6.45, 7) is 3.98. The second kappa shape index (κ2) is 11.5. The molecule has 2 unspecified atom stereocenters. The molecule has 2 aliphatic heterocycles. The maximum absolute atomic E-state index is 13.6. The van der Waals surface area contributed by atoms with Gasteiger partial charge < -0.3 is 15.0 Å². The third-order valence-electron chi connectivity index (χ3n) is 8.42. The van der Waals surface area contributed by atoms with E-state index in [4.69, 9.17) is 9.84 Å². The van der Waals surface area contributed by atoms with E-state index >= 15 is 0 Å². The van der Waals surface area contributed by atoms with Crippen LogP contribution in [0.15, 0.2) is 121 Å². The highest BCUT2D eigenvalue weighted by Crippen LogP contribution is 2.56. The van der Waals surface area contributed by atoms with Gasteiger partial charge in [0.25, 0.3) is 5.91 Å². The first kappa shape index (κ1) is 28.8. The van der Waals surface area contributed by atoms with Crippen LogP contribution < -0.4 is 10.1 Å². The second-order valence-corrected chi connectivity index (χ2v) is 13.4. The molecule has 0 saturated carbocycles. The molecule has 0 bridgehead atoms. The molecule has 0 radical (unpaired) electrons.